The molecule has 15 heavy (non-hydrogen) atoms. The van der Waals surface area contributed by atoms with Crippen molar-refractivity contribution < 1.29 is 4.39 Å². The third-order valence-corrected chi connectivity index (χ3v) is 2.63. The quantitative estimate of drug-likeness (QED) is 0.759. The molecule has 1 heterocycles. The van der Waals surface area contributed by atoms with Crippen LogP contribution in [0.1, 0.15) is 19.8 Å². The van der Waals surface area contributed by atoms with Crippen LogP contribution in [-0.2, 0) is 0 Å². The Morgan fingerprint density at radius 2 is 2.40 bits per heavy atom. The summed E-state index contributed by atoms with van der Waals surface area (Å²) in [5, 5.41) is 3.00. The summed E-state index contributed by atoms with van der Waals surface area (Å²) in [6, 6.07) is 2.98. The van der Waals surface area contributed by atoms with Crippen molar-refractivity contribution in [3.8, 4) is 0 Å². The van der Waals surface area contributed by atoms with Gasteiger partial charge in [0.2, 0.25) is 0 Å². The fraction of sp³-hybridized carbons (Fsp3) is 0.545. The zero-order chi connectivity index (χ0) is 11.1. The van der Waals surface area contributed by atoms with Crippen molar-refractivity contribution in [1.82, 2.24) is 4.98 Å². The summed E-state index contributed by atoms with van der Waals surface area (Å²) in [5.74, 6) is 1.14. The van der Waals surface area contributed by atoms with Crippen LogP contribution in [0.2, 0.25) is 0 Å². The van der Waals surface area contributed by atoms with Crippen molar-refractivity contribution in [3.63, 3.8) is 0 Å². The topological polar surface area (TPSA) is 24.9 Å². The van der Waals surface area contributed by atoms with Crippen LogP contribution in [0.3, 0.4) is 0 Å². The molecule has 0 aliphatic rings. The molecule has 4 heteroatoms. The molecule has 0 saturated carbocycles. The average Bonchev–Trinajstić information content (AvgIpc) is 2.26. The molecule has 0 fully saturated rings. The van der Waals surface area contributed by atoms with Crippen LogP contribution in [0, 0.1) is 11.7 Å². The van der Waals surface area contributed by atoms with Crippen LogP contribution in [0.25, 0.3) is 0 Å². The van der Waals surface area contributed by atoms with Gasteiger partial charge in [-0.25, -0.2) is 9.37 Å². The first kappa shape index (κ1) is 12.2. The van der Waals surface area contributed by atoms with Gasteiger partial charge >= 0.3 is 0 Å². The van der Waals surface area contributed by atoms with E-state index in [-0.39, 0.29) is 5.82 Å². The molecule has 1 aromatic heterocycles. The summed E-state index contributed by atoms with van der Waals surface area (Å²) in [6.07, 6.45) is 3.56. The second-order valence-corrected chi connectivity index (χ2v) is 3.84. The number of alkyl halides is 1. The van der Waals surface area contributed by atoms with Crippen LogP contribution < -0.4 is 5.32 Å². The lowest BCUT2D eigenvalue weighted by Gasteiger charge is -2.14. The number of rotatable bonds is 6. The maximum Gasteiger partial charge on any atom is 0.165 e. The number of pyridine rings is 1. The van der Waals surface area contributed by atoms with Crippen molar-refractivity contribution in [3.05, 3.63) is 24.1 Å². The lowest BCUT2D eigenvalue weighted by molar-refractivity contribution is 0.518. The van der Waals surface area contributed by atoms with Crippen molar-refractivity contribution in [1.29, 1.82) is 0 Å². The molecule has 0 aliphatic carbocycles. The smallest absolute Gasteiger partial charge is 0.165 e. The van der Waals surface area contributed by atoms with E-state index in [2.05, 4.69) is 17.2 Å². The molecule has 0 aliphatic heterocycles. The molecule has 1 N–H and O–H groups in total. The van der Waals surface area contributed by atoms with Gasteiger partial charge in [0.25, 0.3) is 0 Å². The van der Waals surface area contributed by atoms with E-state index in [0.29, 0.717) is 17.6 Å². The van der Waals surface area contributed by atoms with Gasteiger partial charge in [-0.2, -0.15) is 0 Å². The monoisotopic (exact) mass is 230 g/mol. The molecule has 0 amide bonds. The van der Waals surface area contributed by atoms with E-state index in [9.17, 15) is 4.39 Å². The number of nitrogens with one attached hydrogen (secondary N) is 1. The van der Waals surface area contributed by atoms with Crippen molar-refractivity contribution in [2.45, 2.75) is 19.8 Å². The molecule has 0 saturated heterocycles. The minimum Gasteiger partial charge on any atom is -0.367 e. The van der Waals surface area contributed by atoms with Gasteiger partial charge in [0, 0.05) is 18.6 Å². The highest BCUT2D eigenvalue weighted by molar-refractivity contribution is 6.17. The number of halogens is 2. The minimum atomic E-state index is -0.307. The van der Waals surface area contributed by atoms with Gasteiger partial charge in [-0.15, -0.1) is 11.6 Å². The second kappa shape index (κ2) is 6.62. The van der Waals surface area contributed by atoms with Crippen LogP contribution >= 0.6 is 11.6 Å². The fourth-order valence-electron chi connectivity index (χ4n) is 1.36. The molecule has 2 nitrogen and oxygen atoms in total. The number of aromatic nitrogens is 1. The Morgan fingerprint density at radius 3 is 3.00 bits per heavy atom. The zero-order valence-electron chi connectivity index (χ0n) is 8.84. The van der Waals surface area contributed by atoms with E-state index < -0.39 is 0 Å². The third-order valence-electron chi connectivity index (χ3n) is 2.41. The van der Waals surface area contributed by atoms with E-state index in [1.807, 2.05) is 0 Å². The van der Waals surface area contributed by atoms with Gasteiger partial charge < -0.3 is 5.32 Å². The molecule has 1 aromatic rings. The molecule has 0 bridgehead atoms. The summed E-state index contributed by atoms with van der Waals surface area (Å²) in [4.78, 5) is 3.93. The minimum absolute atomic E-state index is 0.307. The van der Waals surface area contributed by atoms with E-state index in [1.165, 1.54) is 6.07 Å². The lowest BCUT2D eigenvalue weighted by atomic mass is 10.0. The molecule has 1 atom stereocenters. The maximum atomic E-state index is 13.2. The van der Waals surface area contributed by atoms with Crippen LogP contribution in [0.5, 0.6) is 0 Å². The van der Waals surface area contributed by atoms with Gasteiger partial charge in [0.05, 0.1) is 0 Å². The molecule has 1 unspecified atom stereocenters. The third kappa shape index (κ3) is 4.04. The SMILES string of the molecule is CCC(CCCl)CNc1ncccc1F. The normalized spacial score (nSPS) is 12.5. The molecular weight excluding hydrogens is 215 g/mol. The molecule has 84 valence electrons. The Bertz CT molecular complexity index is 294. The Hall–Kier alpha value is -0.830. The first-order chi connectivity index (χ1) is 7.27. The van der Waals surface area contributed by atoms with E-state index in [0.717, 1.165) is 19.4 Å². The van der Waals surface area contributed by atoms with Gasteiger partial charge in [0.15, 0.2) is 11.6 Å². The molecule has 0 spiro atoms. The molecule has 0 aromatic carbocycles. The van der Waals surface area contributed by atoms with Gasteiger partial charge in [0.1, 0.15) is 0 Å². The molecule has 0 radical (unpaired) electrons. The van der Waals surface area contributed by atoms with E-state index in [4.69, 9.17) is 11.6 Å². The predicted molar refractivity (Wildman–Crippen MR) is 61.8 cm³/mol. The Balaban J connectivity index is 2.45. The maximum absolute atomic E-state index is 13.2. The number of nitrogens with zero attached hydrogens (tertiary/aromatic N) is 1. The van der Waals surface area contributed by atoms with Gasteiger partial charge in [-0.05, 0) is 24.5 Å². The first-order valence-electron chi connectivity index (χ1n) is 5.18. The standard InChI is InChI=1S/C11H16ClFN2/c1-2-9(5-6-12)8-15-11-10(13)4-3-7-14-11/h3-4,7,9H,2,5-6,8H2,1H3,(H,14,15). The summed E-state index contributed by atoms with van der Waals surface area (Å²) in [7, 11) is 0. The number of anilines is 1. The summed E-state index contributed by atoms with van der Waals surface area (Å²) in [5.41, 5.74) is 0. The molecule has 1 rings (SSSR count). The van der Waals surface area contributed by atoms with E-state index in [1.54, 1.807) is 12.3 Å². The summed E-state index contributed by atoms with van der Waals surface area (Å²) < 4.78 is 13.2. The Labute approximate surface area is 94.9 Å². The highest BCUT2D eigenvalue weighted by Crippen LogP contribution is 2.13. The van der Waals surface area contributed by atoms with Crippen molar-refractivity contribution in [2.75, 3.05) is 17.7 Å². The zero-order valence-corrected chi connectivity index (χ0v) is 9.60. The average molecular weight is 231 g/mol. The first-order valence-corrected chi connectivity index (χ1v) is 5.71. The van der Waals surface area contributed by atoms with Crippen LogP contribution in [-0.4, -0.2) is 17.4 Å². The molecular formula is C11H16ClFN2. The highest BCUT2D eigenvalue weighted by atomic mass is 35.5. The van der Waals surface area contributed by atoms with Gasteiger partial charge in [-0.3, -0.25) is 0 Å². The highest BCUT2D eigenvalue weighted by Gasteiger charge is 2.07. The van der Waals surface area contributed by atoms with E-state index >= 15 is 0 Å². The lowest BCUT2D eigenvalue weighted by Crippen LogP contribution is -2.15. The Kier molecular flexibility index (Phi) is 5.40. The van der Waals surface area contributed by atoms with Crippen LogP contribution in [0.4, 0.5) is 10.2 Å². The van der Waals surface area contributed by atoms with Crippen molar-refractivity contribution in [2.24, 2.45) is 5.92 Å². The van der Waals surface area contributed by atoms with Crippen LogP contribution in [0.15, 0.2) is 18.3 Å². The largest absolute Gasteiger partial charge is 0.367 e. The predicted octanol–water partition coefficient (Wildman–Crippen LogP) is 3.29. The fourth-order valence-corrected chi connectivity index (χ4v) is 1.67. The van der Waals surface area contributed by atoms with Gasteiger partial charge in [-0.1, -0.05) is 13.3 Å². The summed E-state index contributed by atoms with van der Waals surface area (Å²) >= 11 is 5.67. The second-order valence-electron chi connectivity index (χ2n) is 3.47. The number of hydrogen-bond donors (Lipinski definition) is 1. The number of hydrogen-bond acceptors (Lipinski definition) is 2. The van der Waals surface area contributed by atoms with Crippen molar-refractivity contribution >= 4 is 17.4 Å². The Morgan fingerprint density at radius 1 is 1.60 bits per heavy atom. The summed E-state index contributed by atoms with van der Waals surface area (Å²) in [6.45, 7) is 2.82.